The average Bonchev–Trinajstić information content (AvgIpc) is 2.01. The quantitative estimate of drug-likeness (QED) is 0.732. The normalized spacial score (nSPS) is 11.5. The maximum atomic E-state index is 12.3. The summed E-state index contributed by atoms with van der Waals surface area (Å²) in [7, 11) is 0. The van der Waals surface area contributed by atoms with Crippen LogP contribution in [-0.4, -0.2) is 10.8 Å². The summed E-state index contributed by atoms with van der Waals surface area (Å²) in [6, 6.07) is 1.11. The van der Waals surface area contributed by atoms with Crippen LogP contribution in [0.5, 0.6) is 0 Å². The zero-order valence-corrected chi connectivity index (χ0v) is 8.61. The molecule has 0 aliphatic carbocycles. The predicted octanol–water partition coefficient (Wildman–Crippen LogP) is 3.07. The molecule has 0 N–H and O–H groups in total. The van der Waals surface area contributed by atoms with E-state index in [0.29, 0.717) is 4.47 Å². The van der Waals surface area contributed by atoms with Crippen LogP contribution in [0.4, 0.5) is 13.2 Å². The molecule has 0 saturated carbocycles. The molecule has 1 heterocycles. The fourth-order valence-electron chi connectivity index (χ4n) is 0.934. The Balaban J connectivity index is 3.37. The molecule has 0 fully saturated rings. The van der Waals surface area contributed by atoms with Crippen molar-refractivity contribution < 1.29 is 18.0 Å². The molecule has 14 heavy (non-hydrogen) atoms. The van der Waals surface area contributed by atoms with Crippen LogP contribution in [0, 0.1) is 0 Å². The van der Waals surface area contributed by atoms with Gasteiger partial charge in [0.05, 0.1) is 0 Å². The summed E-state index contributed by atoms with van der Waals surface area (Å²) >= 11 is 2.95. The Morgan fingerprint density at radius 2 is 2.07 bits per heavy atom. The lowest BCUT2D eigenvalue weighted by molar-refractivity contribution is -0.141. The zero-order chi connectivity index (χ0) is 10.9. The van der Waals surface area contributed by atoms with Crippen LogP contribution in [0.2, 0.25) is 0 Å². The fraction of sp³-hybridized carbons (Fsp3) is 0.250. The lowest BCUT2D eigenvalue weighted by Gasteiger charge is -2.09. The van der Waals surface area contributed by atoms with Gasteiger partial charge in [-0.05, 0) is 28.9 Å². The molecule has 1 aromatic rings. The summed E-state index contributed by atoms with van der Waals surface area (Å²) < 4.78 is 37.3. The van der Waals surface area contributed by atoms with Gasteiger partial charge in [0.2, 0.25) is 0 Å². The number of hydrogen-bond donors (Lipinski definition) is 0. The van der Waals surface area contributed by atoms with Crippen LogP contribution in [0.3, 0.4) is 0 Å². The molecule has 1 rings (SSSR count). The molecule has 76 valence electrons. The Labute approximate surface area is 86.3 Å². The number of ketones is 1. The van der Waals surface area contributed by atoms with Gasteiger partial charge in [-0.25, -0.2) is 4.98 Å². The Morgan fingerprint density at radius 3 is 2.50 bits per heavy atom. The van der Waals surface area contributed by atoms with Gasteiger partial charge in [-0.2, -0.15) is 13.2 Å². The molecule has 0 atom stereocenters. The third-order valence-corrected chi connectivity index (χ3v) is 1.94. The molecule has 0 aromatic carbocycles. The highest BCUT2D eigenvalue weighted by Gasteiger charge is 2.36. The Hall–Kier alpha value is -0.910. The van der Waals surface area contributed by atoms with Crippen molar-refractivity contribution in [3.63, 3.8) is 0 Å². The van der Waals surface area contributed by atoms with Crippen molar-refractivity contribution in [1.29, 1.82) is 0 Å². The summed E-state index contributed by atoms with van der Waals surface area (Å²) in [6.07, 6.45) is -3.59. The number of hydrogen-bond acceptors (Lipinski definition) is 2. The SMILES string of the molecule is CC(=O)c1cc(Br)cnc1C(F)(F)F. The van der Waals surface area contributed by atoms with Gasteiger partial charge in [-0.1, -0.05) is 0 Å². The third kappa shape index (κ3) is 2.31. The largest absolute Gasteiger partial charge is 0.434 e. The molecule has 2 nitrogen and oxygen atoms in total. The average molecular weight is 268 g/mol. The van der Waals surface area contributed by atoms with Gasteiger partial charge in [0.15, 0.2) is 11.5 Å². The minimum Gasteiger partial charge on any atom is -0.294 e. The third-order valence-electron chi connectivity index (χ3n) is 1.50. The number of carbonyl (C=O) groups is 1. The van der Waals surface area contributed by atoms with Crippen molar-refractivity contribution in [2.45, 2.75) is 13.1 Å². The summed E-state index contributed by atoms with van der Waals surface area (Å²) in [5.41, 5.74) is -1.57. The van der Waals surface area contributed by atoms with E-state index in [4.69, 9.17) is 0 Å². The second-order valence-corrected chi connectivity index (χ2v) is 3.52. The van der Waals surface area contributed by atoms with Crippen LogP contribution in [-0.2, 0) is 6.18 Å². The van der Waals surface area contributed by atoms with Crippen LogP contribution < -0.4 is 0 Å². The van der Waals surface area contributed by atoms with E-state index in [9.17, 15) is 18.0 Å². The number of halogens is 4. The number of rotatable bonds is 1. The molecule has 0 spiro atoms. The topological polar surface area (TPSA) is 30.0 Å². The first kappa shape index (κ1) is 11.2. The van der Waals surface area contributed by atoms with E-state index in [1.807, 2.05) is 0 Å². The predicted molar refractivity (Wildman–Crippen MR) is 46.9 cm³/mol. The number of alkyl halides is 3. The highest BCUT2D eigenvalue weighted by Crippen LogP contribution is 2.31. The molecule has 0 radical (unpaired) electrons. The van der Waals surface area contributed by atoms with Crippen LogP contribution >= 0.6 is 15.9 Å². The van der Waals surface area contributed by atoms with Crippen molar-refractivity contribution in [2.24, 2.45) is 0 Å². The minimum atomic E-state index is -4.60. The Kier molecular flexibility index (Phi) is 2.94. The zero-order valence-electron chi connectivity index (χ0n) is 7.02. The first-order valence-electron chi connectivity index (χ1n) is 3.56. The highest BCUT2D eigenvalue weighted by atomic mass is 79.9. The van der Waals surface area contributed by atoms with Gasteiger partial charge in [0, 0.05) is 16.2 Å². The van der Waals surface area contributed by atoms with Gasteiger partial charge in [0.1, 0.15) is 0 Å². The lowest BCUT2D eigenvalue weighted by Crippen LogP contribution is -2.14. The van der Waals surface area contributed by atoms with E-state index >= 15 is 0 Å². The van der Waals surface area contributed by atoms with Crippen molar-refractivity contribution in [2.75, 3.05) is 0 Å². The standard InChI is InChI=1S/C8H5BrF3NO/c1-4(14)6-2-5(9)3-13-7(6)8(10,11)12/h2-3H,1H3. The second kappa shape index (κ2) is 3.68. The number of pyridine rings is 1. The number of aromatic nitrogens is 1. The van der Waals surface area contributed by atoms with E-state index < -0.39 is 23.2 Å². The van der Waals surface area contributed by atoms with E-state index in [-0.39, 0.29) is 0 Å². The smallest absolute Gasteiger partial charge is 0.294 e. The summed E-state index contributed by atoms with van der Waals surface area (Å²) in [4.78, 5) is 14.1. The molecule has 0 unspecified atom stereocenters. The molecule has 6 heteroatoms. The van der Waals surface area contributed by atoms with E-state index in [1.54, 1.807) is 0 Å². The van der Waals surface area contributed by atoms with E-state index in [2.05, 4.69) is 20.9 Å². The van der Waals surface area contributed by atoms with Crippen molar-refractivity contribution >= 4 is 21.7 Å². The summed E-state index contributed by atoms with van der Waals surface area (Å²) in [6.45, 7) is 1.07. The van der Waals surface area contributed by atoms with Gasteiger partial charge in [-0.15, -0.1) is 0 Å². The molecule has 1 aromatic heterocycles. The monoisotopic (exact) mass is 267 g/mol. The van der Waals surface area contributed by atoms with Crippen molar-refractivity contribution in [3.8, 4) is 0 Å². The molecule has 0 bridgehead atoms. The van der Waals surface area contributed by atoms with Crippen molar-refractivity contribution in [3.05, 3.63) is 28.0 Å². The number of carbonyl (C=O) groups excluding carboxylic acids is 1. The van der Waals surface area contributed by atoms with Crippen LogP contribution in [0.25, 0.3) is 0 Å². The van der Waals surface area contributed by atoms with Crippen LogP contribution in [0.15, 0.2) is 16.7 Å². The number of nitrogens with zero attached hydrogens (tertiary/aromatic N) is 1. The maximum Gasteiger partial charge on any atom is 0.434 e. The minimum absolute atomic E-state index is 0.343. The molecule has 0 saturated heterocycles. The van der Waals surface area contributed by atoms with E-state index in [0.717, 1.165) is 19.2 Å². The molecular weight excluding hydrogens is 263 g/mol. The van der Waals surface area contributed by atoms with Gasteiger partial charge in [-0.3, -0.25) is 4.79 Å². The van der Waals surface area contributed by atoms with Gasteiger partial charge < -0.3 is 0 Å². The molecular formula is C8H5BrF3NO. The Bertz CT molecular complexity index is 375. The second-order valence-electron chi connectivity index (χ2n) is 2.60. The first-order valence-corrected chi connectivity index (χ1v) is 4.35. The van der Waals surface area contributed by atoms with Gasteiger partial charge >= 0.3 is 6.18 Å². The van der Waals surface area contributed by atoms with Crippen molar-refractivity contribution in [1.82, 2.24) is 4.98 Å². The Morgan fingerprint density at radius 1 is 1.50 bits per heavy atom. The number of Topliss-reactive ketones (excluding diaryl/α,β-unsaturated/α-hetero) is 1. The molecule has 0 aliphatic rings. The van der Waals surface area contributed by atoms with E-state index in [1.165, 1.54) is 0 Å². The molecule has 0 aliphatic heterocycles. The summed E-state index contributed by atoms with van der Waals surface area (Å²) in [5, 5.41) is 0. The molecule has 0 amide bonds. The first-order chi connectivity index (χ1) is 6.32. The lowest BCUT2D eigenvalue weighted by atomic mass is 10.1. The highest BCUT2D eigenvalue weighted by molar-refractivity contribution is 9.10. The fourth-order valence-corrected chi connectivity index (χ4v) is 1.26. The summed E-state index contributed by atoms with van der Waals surface area (Å²) in [5.74, 6) is -0.661. The maximum absolute atomic E-state index is 12.3. The van der Waals surface area contributed by atoms with Gasteiger partial charge in [0.25, 0.3) is 0 Å². The van der Waals surface area contributed by atoms with Crippen LogP contribution in [0.1, 0.15) is 23.0 Å².